The quantitative estimate of drug-likeness (QED) is 0.799. The van der Waals surface area contributed by atoms with Gasteiger partial charge in [0.25, 0.3) is 0 Å². The molecule has 0 bridgehead atoms. The number of rotatable bonds is 4. The fourth-order valence-corrected chi connectivity index (χ4v) is 1.73. The van der Waals surface area contributed by atoms with Crippen molar-refractivity contribution in [2.24, 2.45) is 0 Å². The van der Waals surface area contributed by atoms with E-state index < -0.39 is 0 Å². The van der Waals surface area contributed by atoms with Crippen LogP contribution in [0.15, 0.2) is 22.7 Å². The van der Waals surface area contributed by atoms with Crippen LogP contribution >= 0.6 is 15.9 Å². The number of ether oxygens (including phenoxy) is 1. The molecule has 0 saturated heterocycles. The molecule has 0 spiro atoms. The van der Waals surface area contributed by atoms with Crippen LogP contribution in [-0.2, 0) is 16.0 Å². The van der Waals surface area contributed by atoms with Gasteiger partial charge < -0.3 is 4.74 Å². The molecule has 1 aromatic rings. The SMILES string of the molecule is CCOC(=O)c1cc(Br)ccc1CC(C)=O. The Bertz CT molecular complexity index is 413. The van der Waals surface area contributed by atoms with Gasteiger partial charge in [0.15, 0.2) is 0 Å². The first-order chi connectivity index (χ1) is 7.54. The maximum absolute atomic E-state index is 11.6. The highest BCUT2D eigenvalue weighted by atomic mass is 79.9. The molecule has 0 aliphatic carbocycles. The fraction of sp³-hybridized carbons (Fsp3) is 0.333. The number of carbonyl (C=O) groups excluding carboxylic acids is 2. The summed E-state index contributed by atoms with van der Waals surface area (Å²) in [6.45, 7) is 3.57. The summed E-state index contributed by atoms with van der Waals surface area (Å²) in [5.74, 6) is -0.368. The second-order valence-electron chi connectivity index (χ2n) is 3.40. The zero-order valence-electron chi connectivity index (χ0n) is 9.25. The van der Waals surface area contributed by atoms with E-state index in [4.69, 9.17) is 4.74 Å². The van der Waals surface area contributed by atoms with Gasteiger partial charge in [-0.05, 0) is 31.5 Å². The molecule has 0 radical (unpaired) electrons. The number of halogens is 1. The van der Waals surface area contributed by atoms with Crippen LogP contribution in [0.3, 0.4) is 0 Å². The lowest BCUT2D eigenvalue weighted by atomic mass is 10.0. The van der Waals surface area contributed by atoms with Crippen molar-refractivity contribution in [2.45, 2.75) is 20.3 Å². The summed E-state index contributed by atoms with van der Waals surface area (Å²) in [6, 6.07) is 5.25. The molecule has 1 rings (SSSR count). The van der Waals surface area contributed by atoms with Gasteiger partial charge in [-0.2, -0.15) is 0 Å². The van der Waals surface area contributed by atoms with Crippen molar-refractivity contribution in [1.29, 1.82) is 0 Å². The Kier molecular flexibility index (Phi) is 4.68. The maximum atomic E-state index is 11.6. The number of Topliss-reactive ketones (excluding diaryl/α,β-unsaturated/α-hetero) is 1. The minimum absolute atomic E-state index is 0.0212. The van der Waals surface area contributed by atoms with Crippen molar-refractivity contribution < 1.29 is 14.3 Å². The smallest absolute Gasteiger partial charge is 0.338 e. The number of hydrogen-bond acceptors (Lipinski definition) is 3. The lowest BCUT2D eigenvalue weighted by Gasteiger charge is -2.08. The van der Waals surface area contributed by atoms with Gasteiger partial charge in [-0.15, -0.1) is 0 Å². The summed E-state index contributed by atoms with van der Waals surface area (Å²) in [5, 5.41) is 0. The van der Waals surface area contributed by atoms with Crippen LogP contribution in [0.1, 0.15) is 29.8 Å². The molecule has 0 aliphatic heterocycles. The van der Waals surface area contributed by atoms with E-state index in [1.165, 1.54) is 6.92 Å². The molecular weight excluding hydrogens is 272 g/mol. The Labute approximate surface area is 103 Å². The molecule has 4 heteroatoms. The lowest BCUT2D eigenvalue weighted by molar-refractivity contribution is -0.116. The fourth-order valence-electron chi connectivity index (χ4n) is 1.37. The van der Waals surface area contributed by atoms with Crippen molar-refractivity contribution in [3.05, 3.63) is 33.8 Å². The molecule has 16 heavy (non-hydrogen) atoms. The van der Waals surface area contributed by atoms with Gasteiger partial charge >= 0.3 is 5.97 Å². The first-order valence-electron chi connectivity index (χ1n) is 4.99. The van der Waals surface area contributed by atoms with Crippen LogP contribution in [0.25, 0.3) is 0 Å². The third-order valence-electron chi connectivity index (χ3n) is 2.01. The van der Waals surface area contributed by atoms with Gasteiger partial charge in [-0.3, -0.25) is 4.79 Å². The molecule has 0 heterocycles. The van der Waals surface area contributed by atoms with Gasteiger partial charge in [-0.1, -0.05) is 22.0 Å². The van der Waals surface area contributed by atoms with Crippen LogP contribution in [-0.4, -0.2) is 18.4 Å². The largest absolute Gasteiger partial charge is 0.462 e. The van der Waals surface area contributed by atoms with Crippen LogP contribution < -0.4 is 0 Å². The molecule has 0 aromatic heterocycles. The summed E-state index contributed by atoms with van der Waals surface area (Å²) in [7, 11) is 0. The minimum Gasteiger partial charge on any atom is -0.462 e. The highest BCUT2D eigenvalue weighted by molar-refractivity contribution is 9.10. The first-order valence-corrected chi connectivity index (χ1v) is 5.79. The Morgan fingerprint density at radius 3 is 2.62 bits per heavy atom. The Morgan fingerprint density at radius 2 is 2.06 bits per heavy atom. The molecule has 0 amide bonds. The van der Waals surface area contributed by atoms with Crippen molar-refractivity contribution >= 4 is 27.7 Å². The summed E-state index contributed by atoms with van der Waals surface area (Å²) >= 11 is 3.29. The first kappa shape index (κ1) is 12.9. The van der Waals surface area contributed by atoms with Gasteiger partial charge in [0.2, 0.25) is 0 Å². The zero-order chi connectivity index (χ0) is 12.1. The Balaban J connectivity index is 3.07. The lowest BCUT2D eigenvalue weighted by Crippen LogP contribution is -2.10. The second kappa shape index (κ2) is 5.80. The molecule has 0 N–H and O–H groups in total. The summed E-state index contributed by atoms with van der Waals surface area (Å²) in [5.41, 5.74) is 1.15. The van der Waals surface area contributed by atoms with E-state index in [0.717, 1.165) is 4.47 Å². The van der Waals surface area contributed by atoms with E-state index in [1.807, 2.05) is 0 Å². The van der Waals surface area contributed by atoms with E-state index in [0.29, 0.717) is 17.7 Å². The third kappa shape index (κ3) is 3.45. The van der Waals surface area contributed by atoms with Crippen LogP contribution in [0.5, 0.6) is 0 Å². The molecule has 0 saturated carbocycles. The number of benzene rings is 1. The molecule has 0 atom stereocenters. The third-order valence-corrected chi connectivity index (χ3v) is 2.50. The average Bonchev–Trinajstić information content (AvgIpc) is 2.20. The minimum atomic E-state index is -0.389. The normalized spacial score (nSPS) is 9.94. The molecule has 0 unspecified atom stereocenters. The zero-order valence-corrected chi connectivity index (χ0v) is 10.8. The van der Waals surface area contributed by atoms with Crippen molar-refractivity contribution in [3.63, 3.8) is 0 Å². The predicted molar refractivity (Wildman–Crippen MR) is 64.5 cm³/mol. The summed E-state index contributed by atoms with van der Waals surface area (Å²) in [4.78, 5) is 22.7. The topological polar surface area (TPSA) is 43.4 Å². The summed E-state index contributed by atoms with van der Waals surface area (Å²) < 4.78 is 5.73. The number of ketones is 1. The van der Waals surface area contributed by atoms with Gasteiger partial charge in [-0.25, -0.2) is 4.79 Å². The Morgan fingerprint density at radius 1 is 1.38 bits per heavy atom. The van der Waals surface area contributed by atoms with Crippen LogP contribution in [0, 0.1) is 0 Å². The maximum Gasteiger partial charge on any atom is 0.338 e. The van der Waals surface area contributed by atoms with Gasteiger partial charge in [0.05, 0.1) is 12.2 Å². The molecule has 0 fully saturated rings. The number of carbonyl (C=O) groups is 2. The molecule has 86 valence electrons. The molecular formula is C12H13BrO3. The number of hydrogen-bond donors (Lipinski definition) is 0. The van der Waals surface area contributed by atoms with E-state index in [-0.39, 0.29) is 18.2 Å². The molecule has 0 aliphatic rings. The van der Waals surface area contributed by atoms with E-state index >= 15 is 0 Å². The van der Waals surface area contributed by atoms with E-state index in [2.05, 4.69) is 15.9 Å². The van der Waals surface area contributed by atoms with Crippen molar-refractivity contribution in [1.82, 2.24) is 0 Å². The van der Waals surface area contributed by atoms with Gasteiger partial charge in [0, 0.05) is 10.9 Å². The van der Waals surface area contributed by atoms with Gasteiger partial charge in [0.1, 0.15) is 5.78 Å². The molecule has 1 aromatic carbocycles. The number of esters is 1. The van der Waals surface area contributed by atoms with Crippen LogP contribution in [0.2, 0.25) is 0 Å². The van der Waals surface area contributed by atoms with E-state index in [1.54, 1.807) is 25.1 Å². The summed E-state index contributed by atoms with van der Waals surface area (Å²) in [6.07, 6.45) is 0.251. The second-order valence-corrected chi connectivity index (χ2v) is 4.32. The van der Waals surface area contributed by atoms with Crippen molar-refractivity contribution in [2.75, 3.05) is 6.61 Å². The highest BCUT2D eigenvalue weighted by Gasteiger charge is 2.13. The molecule has 3 nitrogen and oxygen atoms in total. The Hall–Kier alpha value is -1.16. The van der Waals surface area contributed by atoms with Crippen molar-refractivity contribution in [3.8, 4) is 0 Å². The average molecular weight is 285 g/mol. The van der Waals surface area contributed by atoms with Crippen LogP contribution in [0.4, 0.5) is 0 Å². The van der Waals surface area contributed by atoms with E-state index in [9.17, 15) is 9.59 Å². The monoisotopic (exact) mass is 284 g/mol. The predicted octanol–water partition coefficient (Wildman–Crippen LogP) is 2.76. The standard InChI is InChI=1S/C12H13BrO3/c1-3-16-12(15)11-7-10(13)5-4-9(11)6-8(2)14/h4-5,7H,3,6H2,1-2H3. The highest BCUT2D eigenvalue weighted by Crippen LogP contribution is 2.18.